The van der Waals surface area contributed by atoms with Crippen molar-refractivity contribution in [1.82, 2.24) is 4.90 Å². The lowest BCUT2D eigenvalue weighted by molar-refractivity contribution is 0.127. The Kier molecular flexibility index (Phi) is 3.19. The van der Waals surface area contributed by atoms with Crippen molar-refractivity contribution in [1.29, 1.82) is 0 Å². The van der Waals surface area contributed by atoms with Gasteiger partial charge in [0.2, 0.25) is 0 Å². The van der Waals surface area contributed by atoms with E-state index in [9.17, 15) is 13.2 Å². The number of hydrogen-bond donors (Lipinski definition) is 1. The molecule has 1 aliphatic rings. The summed E-state index contributed by atoms with van der Waals surface area (Å²) in [6.07, 6.45) is 0.0426. The molecule has 0 unspecified atom stereocenters. The SMILES string of the molecule is O=C(OS(=O)(=O)Nc1ccccc1)N1CCC1. The maximum atomic E-state index is 11.5. The largest absolute Gasteiger partial charge is 0.426 e. The Balaban J connectivity index is 1.97. The number of anilines is 1. The predicted molar refractivity (Wildman–Crippen MR) is 61.7 cm³/mol. The first-order valence-electron chi connectivity index (χ1n) is 5.13. The summed E-state index contributed by atoms with van der Waals surface area (Å²) in [5, 5.41) is 0. The summed E-state index contributed by atoms with van der Waals surface area (Å²) < 4.78 is 29.5. The molecule has 2 rings (SSSR count). The summed E-state index contributed by atoms with van der Waals surface area (Å²) in [7, 11) is -4.10. The van der Waals surface area contributed by atoms with Crippen LogP contribution >= 0.6 is 0 Å². The molecule has 17 heavy (non-hydrogen) atoms. The molecule has 1 aliphatic heterocycles. The van der Waals surface area contributed by atoms with Crippen LogP contribution in [0.3, 0.4) is 0 Å². The highest BCUT2D eigenvalue weighted by atomic mass is 32.2. The van der Waals surface area contributed by atoms with Crippen LogP contribution in [-0.2, 0) is 14.5 Å². The number of benzene rings is 1. The Morgan fingerprint density at radius 2 is 1.88 bits per heavy atom. The fraction of sp³-hybridized carbons (Fsp3) is 0.300. The van der Waals surface area contributed by atoms with E-state index in [2.05, 4.69) is 8.91 Å². The van der Waals surface area contributed by atoms with E-state index in [1.165, 1.54) is 4.90 Å². The van der Waals surface area contributed by atoms with Crippen molar-refractivity contribution in [2.75, 3.05) is 17.8 Å². The molecular weight excluding hydrogens is 244 g/mol. The van der Waals surface area contributed by atoms with E-state index in [4.69, 9.17) is 0 Å². The molecule has 7 heteroatoms. The van der Waals surface area contributed by atoms with E-state index in [0.717, 1.165) is 6.42 Å². The highest BCUT2D eigenvalue weighted by molar-refractivity contribution is 7.88. The fourth-order valence-electron chi connectivity index (χ4n) is 1.32. The molecule has 0 atom stereocenters. The number of hydrogen-bond acceptors (Lipinski definition) is 4. The van der Waals surface area contributed by atoms with Gasteiger partial charge in [0.05, 0.1) is 5.69 Å². The first-order valence-corrected chi connectivity index (χ1v) is 6.54. The van der Waals surface area contributed by atoms with E-state index < -0.39 is 16.4 Å². The van der Waals surface area contributed by atoms with Gasteiger partial charge in [-0.1, -0.05) is 18.2 Å². The van der Waals surface area contributed by atoms with Crippen molar-refractivity contribution in [3.63, 3.8) is 0 Å². The van der Waals surface area contributed by atoms with Crippen molar-refractivity contribution in [2.24, 2.45) is 0 Å². The zero-order chi connectivity index (χ0) is 12.3. The van der Waals surface area contributed by atoms with Gasteiger partial charge in [-0.05, 0) is 18.6 Å². The standard InChI is InChI=1S/C10H12N2O4S/c13-10(12-7-4-8-12)16-17(14,15)11-9-5-2-1-3-6-9/h1-3,5-6,11H,4,7-8H2. The van der Waals surface area contributed by atoms with E-state index >= 15 is 0 Å². The average molecular weight is 256 g/mol. The Morgan fingerprint density at radius 1 is 1.24 bits per heavy atom. The minimum absolute atomic E-state index is 0.351. The van der Waals surface area contributed by atoms with Crippen LogP contribution in [0.4, 0.5) is 10.5 Å². The Bertz CT molecular complexity index is 496. The van der Waals surface area contributed by atoms with Gasteiger partial charge in [-0.25, -0.2) is 4.79 Å². The molecule has 0 spiro atoms. The molecular formula is C10H12N2O4S. The van der Waals surface area contributed by atoms with E-state index in [0.29, 0.717) is 18.8 Å². The minimum Gasteiger partial charge on any atom is -0.311 e. The van der Waals surface area contributed by atoms with Gasteiger partial charge in [-0.2, -0.15) is 8.42 Å². The van der Waals surface area contributed by atoms with Crippen LogP contribution in [0.1, 0.15) is 6.42 Å². The molecule has 1 aromatic carbocycles. The lowest BCUT2D eigenvalue weighted by atomic mass is 10.2. The van der Waals surface area contributed by atoms with Gasteiger partial charge in [0, 0.05) is 13.1 Å². The van der Waals surface area contributed by atoms with Gasteiger partial charge in [0.25, 0.3) is 0 Å². The lowest BCUT2D eigenvalue weighted by Crippen LogP contribution is -2.43. The Morgan fingerprint density at radius 3 is 2.41 bits per heavy atom. The van der Waals surface area contributed by atoms with E-state index in [1.807, 2.05) is 0 Å². The molecule has 1 heterocycles. The summed E-state index contributed by atoms with van der Waals surface area (Å²) in [4.78, 5) is 12.6. The number of rotatable bonds is 3. The number of likely N-dealkylation sites (tertiary alicyclic amines) is 1. The third kappa shape index (κ3) is 3.10. The molecule has 0 saturated carbocycles. The van der Waals surface area contributed by atoms with Gasteiger partial charge >= 0.3 is 16.4 Å². The first-order chi connectivity index (χ1) is 8.07. The van der Waals surface area contributed by atoms with Crippen molar-refractivity contribution in [3.05, 3.63) is 30.3 Å². The van der Waals surface area contributed by atoms with Gasteiger partial charge in [-0.15, -0.1) is 0 Å². The first kappa shape index (κ1) is 11.7. The quantitative estimate of drug-likeness (QED) is 0.881. The number of para-hydroxylation sites is 1. The van der Waals surface area contributed by atoms with Crippen LogP contribution in [0.5, 0.6) is 0 Å². The second-order valence-corrected chi connectivity index (χ2v) is 4.89. The molecule has 6 nitrogen and oxygen atoms in total. The van der Waals surface area contributed by atoms with Crippen molar-refractivity contribution >= 4 is 22.1 Å². The summed E-state index contributed by atoms with van der Waals surface area (Å²) in [5.41, 5.74) is 0.351. The van der Waals surface area contributed by atoms with Crippen LogP contribution in [0, 0.1) is 0 Å². The molecule has 0 bridgehead atoms. The molecule has 1 saturated heterocycles. The maximum Gasteiger partial charge on any atom is 0.426 e. The fourth-order valence-corrected chi connectivity index (χ4v) is 2.08. The number of carbonyl (C=O) groups is 1. The van der Waals surface area contributed by atoms with E-state index in [-0.39, 0.29) is 0 Å². The molecule has 0 aliphatic carbocycles. The zero-order valence-corrected chi connectivity index (χ0v) is 9.81. The second kappa shape index (κ2) is 4.62. The molecule has 1 N–H and O–H groups in total. The summed E-state index contributed by atoms with van der Waals surface area (Å²) in [5.74, 6) is 0. The number of amides is 1. The molecule has 1 amide bonds. The molecule has 92 valence electrons. The molecule has 1 fully saturated rings. The minimum atomic E-state index is -4.10. The van der Waals surface area contributed by atoms with E-state index in [1.54, 1.807) is 30.3 Å². The van der Waals surface area contributed by atoms with Gasteiger partial charge < -0.3 is 9.08 Å². The van der Waals surface area contributed by atoms with Crippen molar-refractivity contribution < 1.29 is 17.4 Å². The van der Waals surface area contributed by atoms with Crippen LogP contribution in [0.25, 0.3) is 0 Å². The summed E-state index contributed by atoms with van der Waals surface area (Å²) >= 11 is 0. The third-order valence-corrected chi connectivity index (χ3v) is 3.16. The molecule has 0 aromatic heterocycles. The van der Waals surface area contributed by atoms with Gasteiger partial charge in [-0.3, -0.25) is 4.72 Å². The lowest BCUT2D eigenvalue weighted by Gasteiger charge is -2.29. The second-order valence-electron chi connectivity index (χ2n) is 3.61. The van der Waals surface area contributed by atoms with Gasteiger partial charge in [0.15, 0.2) is 0 Å². The number of nitrogens with zero attached hydrogens (tertiary/aromatic N) is 1. The van der Waals surface area contributed by atoms with Crippen LogP contribution in [-0.4, -0.2) is 32.5 Å². The Hall–Kier alpha value is -1.76. The van der Waals surface area contributed by atoms with Crippen LogP contribution in [0.2, 0.25) is 0 Å². The maximum absolute atomic E-state index is 11.5. The normalized spacial score (nSPS) is 14.9. The number of nitrogens with one attached hydrogen (secondary N) is 1. The molecule has 1 aromatic rings. The smallest absolute Gasteiger partial charge is 0.311 e. The third-order valence-electron chi connectivity index (χ3n) is 2.31. The monoisotopic (exact) mass is 256 g/mol. The topological polar surface area (TPSA) is 75.7 Å². The highest BCUT2D eigenvalue weighted by Crippen LogP contribution is 2.12. The van der Waals surface area contributed by atoms with Crippen LogP contribution in [0.15, 0.2) is 30.3 Å². The predicted octanol–water partition coefficient (Wildman–Crippen LogP) is 1.19. The summed E-state index contributed by atoms with van der Waals surface area (Å²) in [6.45, 7) is 1.08. The van der Waals surface area contributed by atoms with Crippen LogP contribution < -0.4 is 4.72 Å². The summed E-state index contributed by atoms with van der Waals surface area (Å²) in [6, 6.07) is 8.23. The Labute approximate surface area is 99.4 Å². The van der Waals surface area contributed by atoms with Crippen molar-refractivity contribution in [3.8, 4) is 0 Å². The van der Waals surface area contributed by atoms with Crippen molar-refractivity contribution in [2.45, 2.75) is 6.42 Å². The molecule has 0 radical (unpaired) electrons. The number of carbonyl (C=O) groups excluding carboxylic acids is 1. The van der Waals surface area contributed by atoms with Gasteiger partial charge in [0.1, 0.15) is 0 Å². The zero-order valence-electron chi connectivity index (χ0n) is 9.00. The highest BCUT2D eigenvalue weighted by Gasteiger charge is 2.26. The average Bonchev–Trinajstić information content (AvgIpc) is 2.13.